The Morgan fingerprint density at radius 3 is 2.68 bits per heavy atom. The summed E-state index contributed by atoms with van der Waals surface area (Å²) in [6, 6.07) is 9.15. The fraction of sp³-hybridized carbons (Fsp3) is 0.240. The van der Waals surface area contributed by atoms with Crippen LogP contribution in [0.25, 0.3) is 11.3 Å². The number of benzene rings is 1. The summed E-state index contributed by atoms with van der Waals surface area (Å²) in [7, 11) is 1.52. The lowest BCUT2D eigenvalue weighted by Crippen LogP contribution is -2.40. The summed E-state index contributed by atoms with van der Waals surface area (Å²) in [6.07, 6.45) is 4.00. The number of nitrogens with zero attached hydrogens (tertiary/aromatic N) is 4. The summed E-state index contributed by atoms with van der Waals surface area (Å²) in [4.78, 5) is 46.5. The molecule has 4 rings (SSSR count). The van der Waals surface area contributed by atoms with E-state index < -0.39 is 17.8 Å². The first-order valence-corrected chi connectivity index (χ1v) is 11.5. The minimum absolute atomic E-state index is 0.194. The number of carbonyl (C=O) groups excluding carboxylic acids is 3. The predicted molar refractivity (Wildman–Crippen MR) is 135 cm³/mol. The molecule has 0 saturated carbocycles. The number of pyridine rings is 1. The Balaban J connectivity index is 1.63. The fourth-order valence-corrected chi connectivity index (χ4v) is 4.25. The van der Waals surface area contributed by atoms with Crippen LogP contribution in [-0.2, 0) is 9.59 Å². The molecule has 12 heteroatoms. The number of methoxy groups -OCH3 is 1. The number of hydrogen-bond acceptors (Lipinski definition) is 7. The second kappa shape index (κ2) is 10.9. The van der Waals surface area contributed by atoms with E-state index in [1.165, 1.54) is 22.9 Å². The molecule has 3 aromatic rings. The van der Waals surface area contributed by atoms with Gasteiger partial charge in [0.05, 0.1) is 13.2 Å². The van der Waals surface area contributed by atoms with Crippen molar-refractivity contribution in [3.8, 4) is 17.0 Å². The molecule has 1 saturated heterocycles. The quantitative estimate of drug-likeness (QED) is 0.241. The average Bonchev–Trinajstić information content (AvgIpc) is 3.24. The Morgan fingerprint density at radius 2 is 2.00 bits per heavy atom. The minimum Gasteiger partial charge on any atom is -0.497 e. The molecule has 3 heterocycles. The highest BCUT2D eigenvalue weighted by Gasteiger charge is 2.34. The molecule has 3 amide bonds. The van der Waals surface area contributed by atoms with Crippen molar-refractivity contribution in [3.63, 3.8) is 0 Å². The van der Waals surface area contributed by atoms with Gasteiger partial charge in [-0.05, 0) is 37.5 Å². The molecular formula is C25H26FN7O4. The van der Waals surface area contributed by atoms with Crippen LogP contribution in [0.3, 0.4) is 0 Å². The highest BCUT2D eigenvalue weighted by molar-refractivity contribution is 6.04. The van der Waals surface area contributed by atoms with Gasteiger partial charge in [-0.25, -0.2) is 19.0 Å². The third-order valence-electron chi connectivity index (χ3n) is 6.06. The maximum absolute atomic E-state index is 13.7. The Labute approximate surface area is 212 Å². The number of piperidine rings is 1. The van der Waals surface area contributed by atoms with E-state index >= 15 is 0 Å². The number of ether oxygens (including phenoxy) is 1. The number of aromatic nitrogens is 3. The molecular weight excluding hydrogens is 481 g/mol. The zero-order valence-electron chi connectivity index (χ0n) is 20.1. The second-order valence-corrected chi connectivity index (χ2v) is 8.33. The molecule has 192 valence electrons. The van der Waals surface area contributed by atoms with Gasteiger partial charge in [-0.3, -0.25) is 14.4 Å². The van der Waals surface area contributed by atoms with Gasteiger partial charge in [0.1, 0.15) is 17.3 Å². The molecule has 37 heavy (non-hydrogen) atoms. The summed E-state index contributed by atoms with van der Waals surface area (Å²) in [5, 5.41) is 5.25. The number of nitrogens with two attached hydrogens (primary N) is 1. The van der Waals surface area contributed by atoms with E-state index in [9.17, 15) is 18.8 Å². The third kappa shape index (κ3) is 5.27. The number of hydrogen-bond donors (Lipinski definition) is 3. The molecule has 0 spiro atoms. The van der Waals surface area contributed by atoms with E-state index in [1.54, 1.807) is 36.4 Å². The molecule has 0 aliphatic carbocycles. The van der Waals surface area contributed by atoms with Crippen LogP contribution in [0.4, 0.5) is 16.0 Å². The number of nitrogens with one attached hydrogen (secondary N) is 2. The number of carbonyl (C=O) groups is 3. The molecule has 0 unspecified atom stereocenters. The molecule has 1 fully saturated rings. The highest BCUT2D eigenvalue weighted by atomic mass is 19.1. The summed E-state index contributed by atoms with van der Waals surface area (Å²) in [5.41, 5.74) is 1.26. The van der Waals surface area contributed by atoms with E-state index in [2.05, 4.69) is 27.2 Å². The highest BCUT2D eigenvalue weighted by Crippen LogP contribution is 2.36. The first-order valence-electron chi connectivity index (χ1n) is 11.5. The average molecular weight is 508 g/mol. The Kier molecular flexibility index (Phi) is 7.47. The van der Waals surface area contributed by atoms with Crippen molar-refractivity contribution in [2.75, 3.05) is 30.1 Å². The fourth-order valence-electron chi connectivity index (χ4n) is 4.25. The van der Waals surface area contributed by atoms with Crippen molar-refractivity contribution in [2.24, 2.45) is 0 Å². The van der Waals surface area contributed by atoms with Gasteiger partial charge in [0.2, 0.25) is 6.41 Å². The number of amides is 3. The maximum Gasteiger partial charge on any atom is 0.282 e. The van der Waals surface area contributed by atoms with E-state index in [1.807, 2.05) is 0 Å². The lowest BCUT2D eigenvalue weighted by atomic mass is 10.0. The van der Waals surface area contributed by atoms with Crippen molar-refractivity contribution in [1.82, 2.24) is 19.5 Å². The molecule has 11 nitrogen and oxygen atoms in total. The lowest BCUT2D eigenvalue weighted by Gasteiger charge is -2.34. The standard InChI is InChI=1S/C25H26FN7O4/c1-15(26)25(36)32-12-4-3-5-19(32)22-31-21(23(29-14-34)33(22)27)16-6-8-17(9-7-16)24(35)30-20-13-18(37-2)10-11-28-20/h6-11,13-14,19H,1,3-5,12,27H2,2H3,(H,29,34)(H,28,30,35)/t19-/m0/s1. The Bertz CT molecular complexity index is 1340. The number of likely N-dealkylation sites (tertiary alicyclic amines) is 1. The van der Waals surface area contributed by atoms with Crippen LogP contribution in [0.15, 0.2) is 55.0 Å². The SMILES string of the molecule is C=C(F)C(=O)N1CCCC[C@H]1c1nc(-c2ccc(C(=O)Nc3cc(OC)ccn3)cc2)c(NC=O)n1N. The Hall–Kier alpha value is -4.74. The van der Waals surface area contributed by atoms with Crippen molar-refractivity contribution in [1.29, 1.82) is 0 Å². The molecule has 1 aliphatic rings. The summed E-state index contributed by atoms with van der Waals surface area (Å²) < 4.78 is 20.0. The topological polar surface area (TPSA) is 144 Å². The molecule has 4 N–H and O–H groups in total. The van der Waals surface area contributed by atoms with Crippen molar-refractivity contribution < 1.29 is 23.5 Å². The number of halogens is 1. The normalized spacial score (nSPS) is 15.1. The molecule has 0 radical (unpaired) electrons. The predicted octanol–water partition coefficient (Wildman–Crippen LogP) is 3.02. The smallest absolute Gasteiger partial charge is 0.282 e. The van der Waals surface area contributed by atoms with Gasteiger partial charge < -0.3 is 26.1 Å². The van der Waals surface area contributed by atoms with Crippen LogP contribution in [0.2, 0.25) is 0 Å². The number of imidazole rings is 1. The summed E-state index contributed by atoms with van der Waals surface area (Å²) >= 11 is 0. The monoisotopic (exact) mass is 507 g/mol. The van der Waals surface area contributed by atoms with Crippen LogP contribution in [0.1, 0.15) is 41.5 Å². The van der Waals surface area contributed by atoms with Gasteiger partial charge in [-0.15, -0.1) is 0 Å². The van der Waals surface area contributed by atoms with E-state index in [4.69, 9.17) is 10.6 Å². The molecule has 2 aromatic heterocycles. The molecule has 1 aromatic carbocycles. The van der Waals surface area contributed by atoms with Gasteiger partial charge in [0, 0.05) is 29.9 Å². The second-order valence-electron chi connectivity index (χ2n) is 8.33. The first-order chi connectivity index (χ1) is 17.8. The molecule has 0 bridgehead atoms. The Morgan fingerprint density at radius 1 is 1.24 bits per heavy atom. The van der Waals surface area contributed by atoms with Gasteiger partial charge in [-0.2, -0.15) is 0 Å². The van der Waals surface area contributed by atoms with Crippen LogP contribution in [0.5, 0.6) is 5.75 Å². The third-order valence-corrected chi connectivity index (χ3v) is 6.06. The lowest BCUT2D eigenvalue weighted by molar-refractivity contribution is -0.132. The van der Waals surface area contributed by atoms with Crippen molar-refractivity contribution in [3.05, 3.63) is 66.4 Å². The number of nitrogen functional groups attached to an aromatic ring is 1. The van der Waals surface area contributed by atoms with Crippen LogP contribution in [-0.4, -0.2) is 51.4 Å². The van der Waals surface area contributed by atoms with Crippen molar-refractivity contribution in [2.45, 2.75) is 25.3 Å². The number of anilines is 2. The van der Waals surface area contributed by atoms with Crippen LogP contribution in [0, 0.1) is 0 Å². The van der Waals surface area contributed by atoms with E-state index in [0.29, 0.717) is 60.0 Å². The first kappa shape index (κ1) is 25.4. The minimum atomic E-state index is -1.06. The van der Waals surface area contributed by atoms with Gasteiger partial charge >= 0.3 is 0 Å². The number of rotatable bonds is 8. The summed E-state index contributed by atoms with van der Waals surface area (Å²) in [5.74, 6) is 5.39. The molecule has 1 aliphatic heterocycles. The van der Waals surface area contributed by atoms with Crippen LogP contribution < -0.4 is 21.2 Å². The summed E-state index contributed by atoms with van der Waals surface area (Å²) in [6.45, 7) is 3.45. The van der Waals surface area contributed by atoms with Gasteiger partial charge in [0.25, 0.3) is 11.8 Å². The van der Waals surface area contributed by atoms with Crippen LogP contribution >= 0.6 is 0 Å². The largest absolute Gasteiger partial charge is 0.497 e. The van der Waals surface area contributed by atoms with E-state index in [0.717, 1.165) is 6.42 Å². The van der Waals surface area contributed by atoms with Gasteiger partial charge in [0.15, 0.2) is 17.5 Å². The molecule has 1 atom stereocenters. The van der Waals surface area contributed by atoms with Crippen molar-refractivity contribution >= 4 is 29.9 Å². The maximum atomic E-state index is 13.7. The van der Waals surface area contributed by atoms with Gasteiger partial charge in [-0.1, -0.05) is 18.7 Å². The van der Waals surface area contributed by atoms with E-state index in [-0.39, 0.29) is 11.7 Å². The zero-order chi connectivity index (χ0) is 26.5. The zero-order valence-corrected chi connectivity index (χ0v) is 20.1.